The standard InChI is InChI=1S/C13H11BrN2O2S2/c1-18-12(17)3-2-9-7-20-13-15-10(5-16(9)13)11-4-8(14)6-19-11/h4-7H,2-3H2,1H3. The fraction of sp³-hybridized carbons (Fsp3) is 0.231. The number of rotatable bonds is 4. The molecule has 0 spiro atoms. The number of methoxy groups -OCH3 is 1. The second kappa shape index (κ2) is 5.67. The Morgan fingerprint density at radius 2 is 2.30 bits per heavy atom. The Bertz CT molecular complexity index is 759. The lowest BCUT2D eigenvalue weighted by Crippen LogP contribution is -2.02. The van der Waals surface area contributed by atoms with E-state index in [2.05, 4.69) is 36.1 Å². The second-order valence-electron chi connectivity index (χ2n) is 4.21. The van der Waals surface area contributed by atoms with Crippen molar-refractivity contribution in [1.82, 2.24) is 9.38 Å². The summed E-state index contributed by atoms with van der Waals surface area (Å²) >= 11 is 6.70. The highest BCUT2D eigenvalue weighted by molar-refractivity contribution is 9.10. The zero-order valence-corrected chi connectivity index (χ0v) is 13.8. The lowest BCUT2D eigenvalue weighted by atomic mass is 10.2. The summed E-state index contributed by atoms with van der Waals surface area (Å²) in [5, 5.41) is 4.08. The van der Waals surface area contributed by atoms with Crippen LogP contribution in [0.1, 0.15) is 12.1 Å². The summed E-state index contributed by atoms with van der Waals surface area (Å²) < 4.78 is 7.80. The van der Waals surface area contributed by atoms with Gasteiger partial charge in [0.05, 0.1) is 18.4 Å². The van der Waals surface area contributed by atoms with Crippen LogP contribution in [0.2, 0.25) is 0 Å². The Balaban J connectivity index is 1.88. The van der Waals surface area contributed by atoms with E-state index in [-0.39, 0.29) is 5.97 Å². The normalized spacial score (nSPS) is 11.1. The monoisotopic (exact) mass is 370 g/mol. The molecule has 0 unspecified atom stereocenters. The number of fused-ring (bicyclic) bond motifs is 1. The van der Waals surface area contributed by atoms with Crippen LogP contribution in [0, 0.1) is 0 Å². The van der Waals surface area contributed by atoms with Gasteiger partial charge in [-0.3, -0.25) is 9.20 Å². The molecule has 0 bridgehead atoms. The Hall–Kier alpha value is -1.18. The quantitative estimate of drug-likeness (QED) is 0.652. The van der Waals surface area contributed by atoms with Crippen molar-refractivity contribution < 1.29 is 9.53 Å². The first-order valence-electron chi connectivity index (χ1n) is 5.94. The van der Waals surface area contributed by atoms with Gasteiger partial charge in [-0.05, 0) is 28.4 Å². The predicted molar refractivity (Wildman–Crippen MR) is 84.4 cm³/mol. The zero-order valence-electron chi connectivity index (χ0n) is 10.6. The minimum atomic E-state index is -0.188. The van der Waals surface area contributed by atoms with Crippen molar-refractivity contribution in [3.8, 4) is 10.6 Å². The lowest BCUT2D eigenvalue weighted by molar-refractivity contribution is -0.140. The highest BCUT2D eigenvalue weighted by atomic mass is 79.9. The molecule has 0 atom stereocenters. The number of halogens is 1. The Morgan fingerprint density at radius 1 is 1.45 bits per heavy atom. The van der Waals surface area contributed by atoms with Crippen LogP contribution in [0.5, 0.6) is 0 Å². The first-order chi connectivity index (χ1) is 9.67. The maximum Gasteiger partial charge on any atom is 0.305 e. The number of hydrogen-bond acceptors (Lipinski definition) is 5. The number of imidazole rings is 1. The molecule has 0 aliphatic heterocycles. The molecule has 0 aliphatic carbocycles. The van der Waals surface area contributed by atoms with Gasteiger partial charge in [0.25, 0.3) is 0 Å². The number of carbonyl (C=O) groups is 1. The molecule has 104 valence electrons. The predicted octanol–water partition coefficient (Wildman–Crippen LogP) is 3.99. The fourth-order valence-electron chi connectivity index (χ4n) is 1.91. The van der Waals surface area contributed by atoms with Gasteiger partial charge in [-0.2, -0.15) is 0 Å². The van der Waals surface area contributed by atoms with Crippen LogP contribution < -0.4 is 0 Å². The average Bonchev–Trinajstić information content (AvgIpc) is 3.11. The Labute approximate surface area is 132 Å². The third-order valence-electron chi connectivity index (χ3n) is 2.92. The molecule has 0 amide bonds. The largest absolute Gasteiger partial charge is 0.469 e. The van der Waals surface area contributed by atoms with Crippen LogP contribution >= 0.6 is 38.6 Å². The van der Waals surface area contributed by atoms with E-state index in [0.717, 1.165) is 25.7 Å². The van der Waals surface area contributed by atoms with Crippen LogP contribution in [0.25, 0.3) is 15.5 Å². The first-order valence-corrected chi connectivity index (χ1v) is 8.49. The number of carbonyl (C=O) groups excluding carboxylic acids is 1. The van der Waals surface area contributed by atoms with Gasteiger partial charge in [-0.15, -0.1) is 22.7 Å². The van der Waals surface area contributed by atoms with Crippen LogP contribution in [-0.4, -0.2) is 22.5 Å². The third-order valence-corrected chi connectivity index (χ3v) is 5.52. The van der Waals surface area contributed by atoms with E-state index in [4.69, 9.17) is 0 Å². The number of thiophene rings is 1. The maximum absolute atomic E-state index is 11.2. The molecule has 0 aromatic carbocycles. The van der Waals surface area contributed by atoms with E-state index in [1.807, 2.05) is 17.0 Å². The van der Waals surface area contributed by atoms with Crippen molar-refractivity contribution in [2.75, 3.05) is 7.11 Å². The van der Waals surface area contributed by atoms with E-state index in [9.17, 15) is 4.79 Å². The fourth-order valence-corrected chi connectivity index (χ4v) is 4.20. The van der Waals surface area contributed by atoms with Crippen molar-refractivity contribution in [2.24, 2.45) is 0 Å². The summed E-state index contributed by atoms with van der Waals surface area (Å²) in [5.41, 5.74) is 2.05. The molecule has 7 heteroatoms. The molecule has 3 rings (SSSR count). The lowest BCUT2D eigenvalue weighted by Gasteiger charge is -1.98. The summed E-state index contributed by atoms with van der Waals surface area (Å²) in [5.74, 6) is -0.188. The van der Waals surface area contributed by atoms with Gasteiger partial charge in [0.1, 0.15) is 5.69 Å². The van der Waals surface area contributed by atoms with Gasteiger partial charge in [-0.25, -0.2) is 4.98 Å². The smallest absolute Gasteiger partial charge is 0.305 e. The summed E-state index contributed by atoms with van der Waals surface area (Å²) in [6.45, 7) is 0. The number of nitrogens with zero attached hydrogens (tertiary/aromatic N) is 2. The highest BCUT2D eigenvalue weighted by Crippen LogP contribution is 2.31. The average molecular weight is 371 g/mol. The van der Waals surface area contributed by atoms with E-state index in [0.29, 0.717) is 12.8 Å². The zero-order chi connectivity index (χ0) is 14.1. The van der Waals surface area contributed by atoms with Crippen LogP contribution in [0.3, 0.4) is 0 Å². The number of hydrogen-bond donors (Lipinski definition) is 0. The summed E-state index contributed by atoms with van der Waals surface area (Å²) in [6, 6.07) is 2.06. The molecule has 0 aliphatic rings. The minimum Gasteiger partial charge on any atom is -0.469 e. The molecule has 3 aromatic heterocycles. The number of ether oxygens (including phenoxy) is 1. The van der Waals surface area contributed by atoms with Crippen LogP contribution in [-0.2, 0) is 16.0 Å². The Kier molecular flexibility index (Phi) is 3.91. The van der Waals surface area contributed by atoms with Gasteiger partial charge >= 0.3 is 5.97 Å². The SMILES string of the molecule is COC(=O)CCc1csc2nc(-c3cc(Br)cs3)cn12. The maximum atomic E-state index is 11.2. The van der Waals surface area contributed by atoms with Crippen molar-refractivity contribution in [3.05, 3.63) is 33.2 Å². The number of aromatic nitrogens is 2. The number of esters is 1. The molecule has 4 nitrogen and oxygen atoms in total. The van der Waals surface area contributed by atoms with Gasteiger partial charge < -0.3 is 4.74 Å². The van der Waals surface area contributed by atoms with Crippen molar-refractivity contribution in [3.63, 3.8) is 0 Å². The minimum absolute atomic E-state index is 0.188. The summed E-state index contributed by atoms with van der Waals surface area (Å²) in [7, 11) is 1.41. The first kappa shape index (κ1) is 13.8. The highest BCUT2D eigenvalue weighted by Gasteiger charge is 2.12. The van der Waals surface area contributed by atoms with Crippen molar-refractivity contribution in [2.45, 2.75) is 12.8 Å². The van der Waals surface area contributed by atoms with Gasteiger partial charge in [0.2, 0.25) is 0 Å². The molecular formula is C13H11BrN2O2S2. The van der Waals surface area contributed by atoms with Crippen molar-refractivity contribution >= 4 is 49.5 Å². The number of aryl methyl sites for hydroxylation is 1. The molecular weight excluding hydrogens is 360 g/mol. The van der Waals surface area contributed by atoms with Gasteiger partial charge in [0.15, 0.2) is 4.96 Å². The molecule has 3 aromatic rings. The van der Waals surface area contributed by atoms with Crippen LogP contribution in [0.4, 0.5) is 0 Å². The molecule has 0 radical (unpaired) electrons. The van der Waals surface area contributed by atoms with Crippen LogP contribution in [0.15, 0.2) is 27.5 Å². The molecule has 0 fully saturated rings. The Morgan fingerprint density at radius 3 is 3.00 bits per heavy atom. The van der Waals surface area contributed by atoms with E-state index in [1.54, 1.807) is 22.7 Å². The van der Waals surface area contributed by atoms with Crippen molar-refractivity contribution in [1.29, 1.82) is 0 Å². The van der Waals surface area contributed by atoms with Gasteiger partial charge in [0, 0.05) is 27.1 Å². The molecule has 3 heterocycles. The molecule has 0 saturated heterocycles. The number of thiazole rings is 1. The van der Waals surface area contributed by atoms with E-state index < -0.39 is 0 Å². The molecule has 0 saturated carbocycles. The van der Waals surface area contributed by atoms with E-state index in [1.165, 1.54) is 7.11 Å². The molecule has 0 N–H and O–H groups in total. The van der Waals surface area contributed by atoms with Gasteiger partial charge in [-0.1, -0.05) is 0 Å². The second-order valence-corrected chi connectivity index (χ2v) is 6.87. The summed E-state index contributed by atoms with van der Waals surface area (Å²) in [6.07, 6.45) is 3.08. The summed E-state index contributed by atoms with van der Waals surface area (Å²) in [4.78, 5) is 17.9. The molecule has 20 heavy (non-hydrogen) atoms. The topological polar surface area (TPSA) is 43.6 Å². The van der Waals surface area contributed by atoms with E-state index >= 15 is 0 Å². The third kappa shape index (κ3) is 2.65.